The largest absolute Gasteiger partial charge is 0.508 e. The van der Waals surface area contributed by atoms with Gasteiger partial charge in [0.1, 0.15) is 11.5 Å². The molecule has 0 spiro atoms. The lowest BCUT2D eigenvalue weighted by Gasteiger charge is -2.06. The first kappa shape index (κ1) is 19.4. The topological polar surface area (TPSA) is 57.5 Å². The molecule has 1 aromatic rings. The van der Waals surface area contributed by atoms with Crippen LogP contribution in [0.3, 0.4) is 0 Å². The number of unbranched alkanes of at least 4 members (excludes halogenated alkanes) is 3. The van der Waals surface area contributed by atoms with Gasteiger partial charge < -0.3 is 10.2 Å². The molecule has 2 N–H and O–H groups in total. The Morgan fingerprint density at radius 1 is 1.17 bits per heavy atom. The number of carbonyl (C=O) groups is 1. The van der Waals surface area contributed by atoms with Crippen LogP contribution in [0.25, 0.3) is 0 Å². The third-order valence-corrected chi connectivity index (χ3v) is 3.85. The maximum atomic E-state index is 11.9. The summed E-state index contributed by atoms with van der Waals surface area (Å²) in [4.78, 5) is 11.9. The molecule has 0 fully saturated rings. The number of rotatable bonds is 11. The maximum Gasteiger partial charge on any atom is 0.133 e. The predicted molar refractivity (Wildman–Crippen MR) is 94.4 cm³/mol. The van der Waals surface area contributed by atoms with Crippen molar-refractivity contribution >= 4 is 5.78 Å². The molecule has 0 atom stereocenters. The Bertz CT molecular complexity index is 504. The number of carbonyl (C=O) groups excluding carboxylic acids is 1. The van der Waals surface area contributed by atoms with E-state index in [1.54, 1.807) is 12.1 Å². The normalized spacial score (nSPS) is 11.5. The highest BCUT2D eigenvalue weighted by Gasteiger charge is 2.05. The number of phenols is 1. The zero-order chi connectivity index (χ0) is 17.1. The second-order valence-corrected chi connectivity index (χ2v) is 6.43. The summed E-state index contributed by atoms with van der Waals surface area (Å²) in [5, 5.41) is 18.6. The fraction of sp³-hybridized carbons (Fsp3) is 0.550. The summed E-state index contributed by atoms with van der Waals surface area (Å²) in [7, 11) is 0. The van der Waals surface area contributed by atoms with E-state index in [0.717, 1.165) is 31.2 Å². The van der Waals surface area contributed by atoms with Crippen molar-refractivity contribution < 1.29 is 15.0 Å². The first-order valence-electron chi connectivity index (χ1n) is 8.63. The Balaban J connectivity index is 2.17. The molecule has 0 heterocycles. The molecule has 23 heavy (non-hydrogen) atoms. The van der Waals surface area contributed by atoms with Crippen LogP contribution < -0.4 is 0 Å². The van der Waals surface area contributed by atoms with Gasteiger partial charge in [0.25, 0.3) is 0 Å². The van der Waals surface area contributed by atoms with E-state index in [1.807, 2.05) is 6.07 Å². The van der Waals surface area contributed by atoms with E-state index in [9.17, 15) is 9.90 Å². The molecular weight excluding hydrogens is 288 g/mol. The average molecular weight is 318 g/mol. The summed E-state index contributed by atoms with van der Waals surface area (Å²) in [6.07, 6.45) is 10.6. The Kier molecular flexibility index (Phi) is 9.30. The minimum Gasteiger partial charge on any atom is -0.508 e. The number of ketones is 1. The molecule has 0 saturated carbocycles. The number of aromatic hydroxyl groups is 1. The summed E-state index contributed by atoms with van der Waals surface area (Å²) < 4.78 is 0. The number of aliphatic hydroxyl groups is 1. The molecule has 0 radical (unpaired) electrons. The third-order valence-electron chi connectivity index (χ3n) is 3.85. The lowest BCUT2D eigenvalue weighted by Crippen LogP contribution is -2.00. The van der Waals surface area contributed by atoms with Crippen LogP contribution in [0, 0.1) is 5.92 Å². The van der Waals surface area contributed by atoms with Crippen molar-refractivity contribution in [3.8, 4) is 5.75 Å². The second-order valence-electron chi connectivity index (χ2n) is 6.43. The van der Waals surface area contributed by atoms with Gasteiger partial charge in [0, 0.05) is 18.4 Å². The first-order valence-corrected chi connectivity index (χ1v) is 8.63. The van der Waals surface area contributed by atoms with E-state index in [1.165, 1.54) is 0 Å². The fourth-order valence-corrected chi connectivity index (χ4v) is 2.46. The molecule has 0 saturated heterocycles. The number of hydrogen-bond acceptors (Lipinski definition) is 3. The van der Waals surface area contributed by atoms with Gasteiger partial charge in [-0.2, -0.15) is 0 Å². The Morgan fingerprint density at radius 2 is 1.96 bits per heavy atom. The van der Waals surface area contributed by atoms with Crippen LogP contribution in [0.1, 0.15) is 63.5 Å². The third kappa shape index (κ3) is 8.56. The summed E-state index contributed by atoms with van der Waals surface area (Å²) in [6, 6.07) is 5.16. The summed E-state index contributed by atoms with van der Waals surface area (Å²) in [5.74, 6) is 1.01. The van der Waals surface area contributed by atoms with E-state index in [2.05, 4.69) is 26.0 Å². The zero-order valence-electron chi connectivity index (χ0n) is 14.4. The second kappa shape index (κ2) is 11.0. The minimum atomic E-state index is -0.182. The van der Waals surface area contributed by atoms with Gasteiger partial charge in [-0.25, -0.2) is 0 Å². The Morgan fingerprint density at radius 3 is 2.65 bits per heavy atom. The van der Waals surface area contributed by atoms with Crippen LogP contribution in [0.15, 0.2) is 30.4 Å². The number of benzene rings is 1. The van der Waals surface area contributed by atoms with Gasteiger partial charge in [0.15, 0.2) is 0 Å². The molecule has 0 aliphatic carbocycles. The van der Waals surface area contributed by atoms with E-state index in [4.69, 9.17) is 5.11 Å². The van der Waals surface area contributed by atoms with E-state index < -0.39 is 0 Å². The maximum absolute atomic E-state index is 11.9. The highest BCUT2D eigenvalue weighted by molar-refractivity contribution is 5.78. The molecule has 0 aliphatic rings. The molecule has 3 nitrogen and oxygen atoms in total. The van der Waals surface area contributed by atoms with Crippen molar-refractivity contribution in [1.29, 1.82) is 0 Å². The predicted octanol–water partition coefficient (Wildman–Crippen LogP) is 4.55. The summed E-state index contributed by atoms with van der Waals surface area (Å²) in [5.41, 5.74) is 1.50. The number of aliphatic hydroxyl groups excluding tert-OH is 1. The van der Waals surface area contributed by atoms with Gasteiger partial charge in [-0.15, -0.1) is 0 Å². The van der Waals surface area contributed by atoms with Gasteiger partial charge in [0.05, 0.1) is 6.61 Å². The summed E-state index contributed by atoms with van der Waals surface area (Å²) >= 11 is 0. The standard InChI is InChI=1S/C20H30O3/c1-16(2)8-6-4-3-5-7-9-19(22)12-10-17-11-13-20(23)18(14-17)15-21/h6,8,11,13-14,16,21,23H,3-5,7,9-10,12,15H2,1-2H3/b8-6+. The van der Waals surface area contributed by atoms with Crippen LogP contribution in [-0.2, 0) is 17.8 Å². The van der Waals surface area contributed by atoms with Gasteiger partial charge in [-0.1, -0.05) is 38.5 Å². The number of hydrogen-bond donors (Lipinski definition) is 2. The van der Waals surface area contributed by atoms with Crippen LogP contribution in [0.2, 0.25) is 0 Å². The number of allylic oxidation sites excluding steroid dienone is 2. The quantitative estimate of drug-likeness (QED) is 0.465. The van der Waals surface area contributed by atoms with Gasteiger partial charge in [0.2, 0.25) is 0 Å². The van der Waals surface area contributed by atoms with E-state index >= 15 is 0 Å². The van der Waals surface area contributed by atoms with Crippen molar-refractivity contribution in [2.75, 3.05) is 0 Å². The molecule has 0 aliphatic heterocycles. The summed E-state index contributed by atoms with van der Waals surface area (Å²) in [6.45, 7) is 4.17. The smallest absolute Gasteiger partial charge is 0.133 e. The lowest BCUT2D eigenvalue weighted by atomic mass is 10.0. The monoisotopic (exact) mass is 318 g/mol. The van der Waals surface area contributed by atoms with E-state index in [0.29, 0.717) is 36.5 Å². The highest BCUT2D eigenvalue weighted by atomic mass is 16.3. The zero-order valence-corrected chi connectivity index (χ0v) is 14.4. The van der Waals surface area contributed by atoms with Gasteiger partial charge in [-0.05, 0) is 49.3 Å². The van der Waals surface area contributed by atoms with Crippen LogP contribution in [0.5, 0.6) is 5.75 Å². The molecule has 0 unspecified atom stereocenters. The van der Waals surface area contributed by atoms with E-state index in [-0.39, 0.29) is 12.4 Å². The minimum absolute atomic E-state index is 0.106. The molecule has 0 amide bonds. The van der Waals surface area contributed by atoms with Crippen LogP contribution in [0.4, 0.5) is 0 Å². The molecule has 1 aromatic carbocycles. The average Bonchev–Trinajstić information content (AvgIpc) is 2.52. The molecule has 0 bridgehead atoms. The molecule has 3 heteroatoms. The van der Waals surface area contributed by atoms with Crippen LogP contribution in [-0.4, -0.2) is 16.0 Å². The van der Waals surface area contributed by atoms with Crippen LogP contribution >= 0.6 is 0 Å². The van der Waals surface area contributed by atoms with Gasteiger partial charge in [-0.3, -0.25) is 4.79 Å². The van der Waals surface area contributed by atoms with Crippen molar-refractivity contribution in [3.63, 3.8) is 0 Å². The Labute approximate surface area is 140 Å². The van der Waals surface area contributed by atoms with Crippen molar-refractivity contribution in [2.24, 2.45) is 5.92 Å². The van der Waals surface area contributed by atoms with Crippen molar-refractivity contribution in [3.05, 3.63) is 41.5 Å². The molecular formula is C20H30O3. The SMILES string of the molecule is CC(C)/C=C/CCCCCC(=O)CCc1ccc(O)c(CO)c1. The molecule has 0 aromatic heterocycles. The lowest BCUT2D eigenvalue weighted by molar-refractivity contribution is -0.119. The van der Waals surface area contributed by atoms with Gasteiger partial charge >= 0.3 is 0 Å². The van der Waals surface area contributed by atoms with Crippen molar-refractivity contribution in [2.45, 2.75) is 65.4 Å². The fourth-order valence-electron chi connectivity index (χ4n) is 2.46. The molecule has 1 rings (SSSR count). The first-order chi connectivity index (χ1) is 11.0. The number of aryl methyl sites for hydroxylation is 1. The highest BCUT2D eigenvalue weighted by Crippen LogP contribution is 2.19. The Hall–Kier alpha value is -1.61. The molecule has 128 valence electrons. The van der Waals surface area contributed by atoms with Crippen molar-refractivity contribution in [1.82, 2.24) is 0 Å². The number of Topliss-reactive ketones (excluding diaryl/α,β-unsaturated/α-hetero) is 1.